The van der Waals surface area contributed by atoms with Crippen LogP contribution in [-0.4, -0.2) is 52.3 Å². The Bertz CT molecular complexity index is 569. The van der Waals surface area contributed by atoms with Gasteiger partial charge in [0, 0.05) is 26.2 Å². The molecule has 1 fully saturated rings. The van der Waals surface area contributed by atoms with E-state index in [9.17, 15) is 8.42 Å². The fourth-order valence-electron chi connectivity index (χ4n) is 2.28. The van der Waals surface area contributed by atoms with Gasteiger partial charge in [-0.15, -0.1) is 0 Å². The predicted molar refractivity (Wildman–Crippen MR) is 81.3 cm³/mol. The van der Waals surface area contributed by atoms with Gasteiger partial charge in [0.25, 0.3) is 0 Å². The molecule has 0 saturated carbocycles. The zero-order chi connectivity index (χ0) is 14.8. The molecule has 1 saturated heterocycles. The Morgan fingerprint density at radius 1 is 1.25 bits per heavy atom. The van der Waals surface area contributed by atoms with E-state index in [1.165, 1.54) is 0 Å². The summed E-state index contributed by atoms with van der Waals surface area (Å²) in [5.74, 6) is 0.185. The molecule has 1 aromatic carbocycles. The highest BCUT2D eigenvalue weighted by Crippen LogP contribution is 2.35. The van der Waals surface area contributed by atoms with Crippen LogP contribution in [0, 0.1) is 0 Å². The second-order valence-electron chi connectivity index (χ2n) is 4.80. The van der Waals surface area contributed by atoms with E-state index in [0.29, 0.717) is 5.02 Å². The van der Waals surface area contributed by atoms with Crippen molar-refractivity contribution < 1.29 is 12.6 Å². The highest BCUT2D eigenvalue weighted by molar-refractivity contribution is 7.86. The van der Waals surface area contributed by atoms with Crippen LogP contribution in [0.1, 0.15) is 6.92 Å². The van der Waals surface area contributed by atoms with Crippen LogP contribution >= 0.6 is 11.6 Å². The van der Waals surface area contributed by atoms with Gasteiger partial charge >= 0.3 is 10.1 Å². The highest BCUT2D eigenvalue weighted by Gasteiger charge is 2.20. The lowest BCUT2D eigenvalue weighted by atomic mass is 10.2. The molecule has 0 spiro atoms. The van der Waals surface area contributed by atoms with Gasteiger partial charge in [0.2, 0.25) is 0 Å². The van der Waals surface area contributed by atoms with Crippen molar-refractivity contribution in [2.24, 2.45) is 0 Å². The fraction of sp³-hybridized carbons (Fsp3) is 0.538. The summed E-state index contributed by atoms with van der Waals surface area (Å²) in [6.07, 6.45) is 1.01. The van der Waals surface area contributed by atoms with Crippen LogP contribution in [0.3, 0.4) is 0 Å². The molecule has 0 N–H and O–H groups in total. The van der Waals surface area contributed by atoms with E-state index >= 15 is 0 Å². The van der Waals surface area contributed by atoms with E-state index in [2.05, 4.69) is 16.7 Å². The number of piperazine rings is 1. The molecule has 0 atom stereocenters. The van der Waals surface area contributed by atoms with Crippen molar-refractivity contribution in [2.75, 3.05) is 43.9 Å². The SMILES string of the molecule is CCN1CCN(c2cccc(OS(C)(=O)=O)c2Cl)CC1. The first-order valence-corrected chi connectivity index (χ1v) is 8.75. The number of nitrogens with zero attached hydrogens (tertiary/aromatic N) is 2. The molecule has 0 unspecified atom stereocenters. The lowest BCUT2D eigenvalue weighted by Gasteiger charge is -2.36. The third-order valence-corrected chi connectivity index (χ3v) is 4.21. The molecule has 0 bridgehead atoms. The van der Waals surface area contributed by atoms with Crippen LogP contribution in [0.2, 0.25) is 5.02 Å². The van der Waals surface area contributed by atoms with Crippen LogP contribution in [0.5, 0.6) is 5.75 Å². The standard InChI is InChI=1S/C13H19ClN2O3S/c1-3-15-7-9-16(10-8-15)11-5-4-6-12(13(11)14)19-20(2,17)18/h4-6H,3,7-10H2,1-2H3. The van der Waals surface area contributed by atoms with Crippen LogP contribution in [0.4, 0.5) is 5.69 Å². The highest BCUT2D eigenvalue weighted by atomic mass is 35.5. The van der Waals surface area contributed by atoms with Crippen molar-refractivity contribution in [3.05, 3.63) is 23.2 Å². The Kier molecular flexibility index (Phi) is 4.78. The van der Waals surface area contributed by atoms with Gasteiger partial charge in [-0.05, 0) is 18.7 Å². The fourth-order valence-corrected chi connectivity index (χ4v) is 3.07. The first-order chi connectivity index (χ1) is 9.40. The second-order valence-corrected chi connectivity index (χ2v) is 6.75. The smallest absolute Gasteiger partial charge is 0.306 e. The number of halogens is 1. The largest absolute Gasteiger partial charge is 0.381 e. The number of anilines is 1. The average Bonchev–Trinajstić information content (AvgIpc) is 2.40. The number of rotatable bonds is 4. The van der Waals surface area contributed by atoms with Gasteiger partial charge in [-0.2, -0.15) is 8.42 Å². The molecular weight excluding hydrogens is 300 g/mol. The molecule has 1 aromatic rings. The lowest BCUT2D eigenvalue weighted by molar-refractivity contribution is 0.271. The summed E-state index contributed by atoms with van der Waals surface area (Å²) in [7, 11) is -3.57. The minimum absolute atomic E-state index is 0.185. The number of likely N-dealkylation sites (N-methyl/N-ethyl adjacent to an activating group) is 1. The van der Waals surface area contributed by atoms with Gasteiger partial charge in [0.15, 0.2) is 5.75 Å². The van der Waals surface area contributed by atoms with Crippen LogP contribution in [0.25, 0.3) is 0 Å². The lowest BCUT2D eigenvalue weighted by Crippen LogP contribution is -2.46. The van der Waals surface area contributed by atoms with Crippen LogP contribution in [-0.2, 0) is 10.1 Å². The Hall–Kier alpha value is -0.980. The van der Waals surface area contributed by atoms with Gasteiger partial charge < -0.3 is 14.0 Å². The summed E-state index contributed by atoms with van der Waals surface area (Å²) in [6, 6.07) is 5.21. The summed E-state index contributed by atoms with van der Waals surface area (Å²) in [6.45, 7) is 6.88. The zero-order valence-corrected chi connectivity index (χ0v) is 13.2. The van der Waals surface area contributed by atoms with E-state index in [0.717, 1.165) is 44.7 Å². The monoisotopic (exact) mass is 318 g/mol. The van der Waals surface area contributed by atoms with Crippen LogP contribution in [0.15, 0.2) is 18.2 Å². The van der Waals surface area contributed by atoms with Gasteiger partial charge in [-0.3, -0.25) is 0 Å². The Morgan fingerprint density at radius 2 is 1.90 bits per heavy atom. The van der Waals surface area contributed by atoms with Crippen molar-refractivity contribution in [1.82, 2.24) is 4.90 Å². The molecule has 1 heterocycles. The maximum absolute atomic E-state index is 11.2. The maximum atomic E-state index is 11.2. The Morgan fingerprint density at radius 3 is 2.45 bits per heavy atom. The Labute approximate surface area is 125 Å². The Balaban J connectivity index is 2.19. The summed E-state index contributed by atoms with van der Waals surface area (Å²) in [5, 5.41) is 0.350. The molecule has 7 heteroatoms. The topological polar surface area (TPSA) is 49.9 Å². The molecular formula is C13H19ClN2O3S. The maximum Gasteiger partial charge on any atom is 0.306 e. The van der Waals surface area contributed by atoms with Crippen molar-refractivity contribution in [2.45, 2.75) is 6.92 Å². The van der Waals surface area contributed by atoms with Gasteiger partial charge in [0.05, 0.1) is 11.9 Å². The van der Waals surface area contributed by atoms with Crippen LogP contribution < -0.4 is 9.08 Å². The first-order valence-electron chi connectivity index (χ1n) is 6.56. The minimum Gasteiger partial charge on any atom is -0.381 e. The average molecular weight is 319 g/mol. The molecule has 0 aromatic heterocycles. The molecule has 0 aliphatic carbocycles. The van der Waals surface area contributed by atoms with Gasteiger partial charge in [0.1, 0.15) is 5.02 Å². The van der Waals surface area contributed by atoms with E-state index in [4.69, 9.17) is 15.8 Å². The molecule has 20 heavy (non-hydrogen) atoms. The van der Waals surface area contributed by atoms with E-state index in [-0.39, 0.29) is 5.75 Å². The normalized spacial score (nSPS) is 17.2. The number of hydrogen-bond donors (Lipinski definition) is 0. The van der Waals surface area contributed by atoms with E-state index in [1.54, 1.807) is 12.1 Å². The molecule has 0 amide bonds. The summed E-state index contributed by atoms with van der Waals surface area (Å²) in [4.78, 5) is 4.52. The first kappa shape index (κ1) is 15.4. The van der Waals surface area contributed by atoms with Gasteiger partial charge in [-0.25, -0.2) is 0 Å². The molecule has 2 rings (SSSR count). The predicted octanol–water partition coefficient (Wildman–Crippen LogP) is 1.82. The zero-order valence-electron chi connectivity index (χ0n) is 11.7. The van der Waals surface area contributed by atoms with Crippen molar-refractivity contribution in [1.29, 1.82) is 0 Å². The quantitative estimate of drug-likeness (QED) is 0.793. The third kappa shape index (κ3) is 3.77. The summed E-state index contributed by atoms with van der Waals surface area (Å²) >= 11 is 6.27. The van der Waals surface area contributed by atoms with Gasteiger partial charge in [-0.1, -0.05) is 24.6 Å². The van der Waals surface area contributed by atoms with E-state index < -0.39 is 10.1 Å². The molecule has 112 valence electrons. The second kappa shape index (κ2) is 6.20. The molecule has 0 radical (unpaired) electrons. The minimum atomic E-state index is -3.57. The van der Waals surface area contributed by atoms with E-state index in [1.807, 2.05) is 6.07 Å². The number of hydrogen-bond acceptors (Lipinski definition) is 5. The van der Waals surface area contributed by atoms with Crippen molar-refractivity contribution in [3.8, 4) is 5.75 Å². The summed E-state index contributed by atoms with van der Waals surface area (Å²) in [5.41, 5.74) is 0.823. The molecule has 1 aliphatic rings. The summed E-state index contributed by atoms with van der Waals surface area (Å²) < 4.78 is 27.4. The van der Waals surface area contributed by atoms with Crippen molar-refractivity contribution in [3.63, 3.8) is 0 Å². The number of benzene rings is 1. The van der Waals surface area contributed by atoms with Crippen molar-refractivity contribution >= 4 is 27.4 Å². The molecule has 5 nitrogen and oxygen atoms in total. The third-order valence-electron chi connectivity index (χ3n) is 3.34. The molecule has 1 aliphatic heterocycles.